The molecule has 2 amide bonds. The second kappa shape index (κ2) is 7.98. The Labute approximate surface area is 177 Å². The second-order valence-electron chi connectivity index (χ2n) is 7.10. The summed E-state index contributed by atoms with van der Waals surface area (Å²) in [6, 6.07) is 10.6. The van der Waals surface area contributed by atoms with Gasteiger partial charge in [0.05, 0.1) is 10.9 Å². The van der Waals surface area contributed by atoms with Crippen LogP contribution >= 0.6 is 0 Å². The molecule has 31 heavy (non-hydrogen) atoms. The van der Waals surface area contributed by atoms with Crippen molar-refractivity contribution in [2.24, 2.45) is 0 Å². The van der Waals surface area contributed by atoms with Gasteiger partial charge in [0.25, 0.3) is 11.8 Å². The lowest BCUT2D eigenvalue weighted by Crippen LogP contribution is -2.17. The predicted molar refractivity (Wildman–Crippen MR) is 115 cm³/mol. The summed E-state index contributed by atoms with van der Waals surface area (Å²) in [5, 5.41) is 6.08. The van der Waals surface area contributed by atoms with Crippen molar-refractivity contribution in [2.75, 3.05) is 10.6 Å². The van der Waals surface area contributed by atoms with Crippen LogP contribution in [0.5, 0.6) is 0 Å². The van der Waals surface area contributed by atoms with E-state index in [1.165, 1.54) is 30.6 Å². The molecular formula is C23H19FN4O3. The molecule has 0 radical (unpaired) electrons. The molecular weight excluding hydrogens is 399 g/mol. The number of benzene rings is 2. The number of anilines is 2. The Morgan fingerprint density at radius 1 is 0.968 bits per heavy atom. The van der Waals surface area contributed by atoms with Crippen molar-refractivity contribution in [2.45, 2.75) is 20.8 Å². The lowest BCUT2D eigenvalue weighted by molar-refractivity contribution is 0.101. The first-order chi connectivity index (χ1) is 14.8. The molecule has 2 aromatic heterocycles. The maximum atomic E-state index is 13.9. The lowest BCUT2D eigenvalue weighted by Gasteiger charge is -2.11. The van der Waals surface area contributed by atoms with Crippen LogP contribution in [-0.2, 0) is 0 Å². The van der Waals surface area contributed by atoms with Gasteiger partial charge < -0.3 is 15.1 Å². The van der Waals surface area contributed by atoms with Crippen molar-refractivity contribution in [1.82, 2.24) is 9.97 Å². The highest BCUT2D eigenvalue weighted by Crippen LogP contribution is 2.28. The smallest absolute Gasteiger partial charge is 0.258 e. The molecule has 2 heterocycles. The number of furan rings is 1. The molecule has 0 saturated heterocycles. The summed E-state index contributed by atoms with van der Waals surface area (Å²) in [6.07, 6.45) is 1.32. The first-order valence-electron chi connectivity index (χ1n) is 9.53. The van der Waals surface area contributed by atoms with Gasteiger partial charge in [0, 0.05) is 16.8 Å². The van der Waals surface area contributed by atoms with Crippen LogP contribution in [0.15, 0.2) is 53.2 Å². The van der Waals surface area contributed by atoms with E-state index in [4.69, 9.17) is 4.42 Å². The van der Waals surface area contributed by atoms with Crippen LogP contribution in [0.1, 0.15) is 37.6 Å². The maximum absolute atomic E-state index is 13.9. The molecule has 0 spiro atoms. The van der Waals surface area contributed by atoms with E-state index in [-0.39, 0.29) is 5.56 Å². The molecule has 0 aliphatic heterocycles. The Morgan fingerprint density at radius 3 is 2.52 bits per heavy atom. The molecule has 0 atom stereocenters. The number of rotatable bonds is 4. The number of aryl methyl sites for hydroxylation is 3. The summed E-state index contributed by atoms with van der Waals surface area (Å²) in [5.74, 6) is -0.605. The molecule has 156 valence electrons. The summed E-state index contributed by atoms with van der Waals surface area (Å²) in [4.78, 5) is 33.6. The van der Waals surface area contributed by atoms with Crippen LogP contribution in [0.4, 0.5) is 15.9 Å². The Hall–Kier alpha value is -4.07. The second-order valence-corrected chi connectivity index (χ2v) is 7.10. The average Bonchev–Trinajstić information content (AvgIpc) is 3.04. The predicted octanol–water partition coefficient (Wildman–Crippen LogP) is 4.79. The Bertz CT molecular complexity index is 1330. The van der Waals surface area contributed by atoms with Crippen molar-refractivity contribution < 1.29 is 18.4 Å². The minimum atomic E-state index is -0.620. The van der Waals surface area contributed by atoms with E-state index in [1.54, 1.807) is 25.1 Å². The third kappa shape index (κ3) is 3.87. The highest BCUT2D eigenvalue weighted by Gasteiger charge is 2.18. The molecule has 0 bridgehead atoms. The van der Waals surface area contributed by atoms with E-state index in [0.717, 1.165) is 11.1 Å². The highest BCUT2D eigenvalue weighted by molar-refractivity contribution is 6.09. The SMILES string of the molecule is Cc1ccc(C(=O)Nc2ncnc3oc(C)c(C)c23)cc1NC(=O)c1ccccc1F. The van der Waals surface area contributed by atoms with Crippen molar-refractivity contribution >= 4 is 34.4 Å². The largest absolute Gasteiger partial charge is 0.443 e. The molecule has 2 N–H and O–H groups in total. The molecule has 0 fully saturated rings. The van der Waals surface area contributed by atoms with Gasteiger partial charge in [-0.15, -0.1) is 0 Å². The third-order valence-corrected chi connectivity index (χ3v) is 5.06. The molecule has 4 rings (SSSR count). The number of amides is 2. The van der Waals surface area contributed by atoms with E-state index in [2.05, 4.69) is 20.6 Å². The van der Waals surface area contributed by atoms with E-state index in [0.29, 0.717) is 33.9 Å². The van der Waals surface area contributed by atoms with Crippen LogP contribution in [-0.4, -0.2) is 21.8 Å². The highest BCUT2D eigenvalue weighted by atomic mass is 19.1. The number of halogens is 1. The fourth-order valence-electron chi connectivity index (χ4n) is 3.19. The topological polar surface area (TPSA) is 97.1 Å². The standard InChI is InChI=1S/C23H19FN4O3/c1-12-8-9-15(10-18(12)27-22(30)16-6-4-5-7-17(16)24)21(29)28-20-19-13(2)14(3)31-23(19)26-11-25-20/h4-11H,1-3H3,(H,27,30)(H,25,26,28,29). The van der Waals surface area contributed by atoms with E-state index >= 15 is 0 Å². The zero-order valence-corrected chi connectivity index (χ0v) is 17.1. The lowest BCUT2D eigenvalue weighted by atomic mass is 10.1. The van der Waals surface area contributed by atoms with Gasteiger partial charge >= 0.3 is 0 Å². The maximum Gasteiger partial charge on any atom is 0.258 e. The van der Waals surface area contributed by atoms with E-state index < -0.39 is 17.6 Å². The van der Waals surface area contributed by atoms with Gasteiger partial charge in [0.15, 0.2) is 0 Å². The fourth-order valence-corrected chi connectivity index (χ4v) is 3.19. The van der Waals surface area contributed by atoms with Gasteiger partial charge in [-0.2, -0.15) is 0 Å². The molecule has 7 nitrogen and oxygen atoms in total. The van der Waals surface area contributed by atoms with Crippen LogP contribution in [0.3, 0.4) is 0 Å². The van der Waals surface area contributed by atoms with Gasteiger partial charge in [-0.05, 0) is 50.6 Å². The van der Waals surface area contributed by atoms with Gasteiger partial charge in [-0.1, -0.05) is 18.2 Å². The Kier molecular flexibility index (Phi) is 5.21. The molecule has 2 aromatic carbocycles. The van der Waals surface area contributed by atoms with Crippen molar-refractivity contribution in [3.05, 3.63) is 82.6 Å². The molecule has 0 unspecified atom stereocenters. The van der Waals surface area contributed by atoms with Crippen molar-refractivity contribution in [1.29, 1.82) is 0 Å². The molecule has 0 saturated carbocycles. The quantitative estimate of drug-likeness (QED) is 0.497. The minimum absolute atomic E-state index is 0.0778. The summed E-state index contributed by atoms with van der Waals surface area (Å²) < 4.78 is 19.5. The van der Waals surface area contributed by atoms with Gasteiger partial charge in [-0.3, -0.25) is 9.59 Å². The third-order valence-electron chi connectivity index (χ3n) is 5.06. The van der Waals surface area contributed by atoms with Crippen LogP contribution in [0.25, 0.3) is 11.1 Å². The number of carbonyl (C=O) groups excluding carboxylic acids is 2. The zero-order chi connectivity index (χ0) is 22.1. The van der Waals surface area contributed by atoms with Gasteiger partial charge in [0.1, 0.15) is 23.7 Å². The molecule has 8 heteroatoms. The zero-order valence-electron chi connectivity index (χ0n) is 17.1. The minimum Gasteiger partial charge on any atom is -0.443 e. The van der Waals surface area contributed by atoms with E-state index in [9.17, 15) is 14.0 Å². The monoisotopic (exact) mass is 418 g/mol. The first-order valence-corrected chi connectivity index (χ1v) is 9.53. The summed E-state index contributed by atoms with van der Waals surface area (Å²) in [7, 11) is 0. The number of fused-ring (bicyclic) bond motifs is 1. The number of nitrogens with zero attached hydrogens (tertiary/aromatic N) is 2. The van der Waals surface area contributed by atoms with Crippen LogP contribution in [0, 0.1) is 26.6 Å². The van der Waals surface area contributed by atoms with Crippen molar-refractivity contribution in [3.63, 3.8) is 0 Å². The normalized spacial score (nSPS) is 10.8. The van der Waals surface area contributed by atoms with E-state index in [1.807, 2.05) is 13.8 Å². The van der Waals surface area contributed by atoms with Crippen LogP contribution in [0.2, 0.25) is 0 Å². The Balaban J connectivity index is 1.61. The molecule has 0 aliphatic rings. The molecule has 0 aliphatic carbocycles. The summed E-state index contributed by atoms with van der Waals surface area (Å²) in [5.41, 5.74) is 2.59. The van der Waals surface area contributed by atoms with Gasteiger partial charge in [-0.25, -0.2) is 14.4 Å². The first kappa shape index (κ1) is 20.2. The number of aromatic nitrogens is 2. The number of hydrogen-bond donors (Lipinski definition) is 2. The average molecular weight is 418 g/mol. The number of hydrogen-bond acceptors (Lipinski definition) is 5. The number of carbonyl (C=O) groups is 2. The summed E-state index contributed by atoms with van der Waals surface area (Å²) in [6.45, 7) is 5.46. The summed E-state index contributed by atoms with van der Waals surface area (Å²) >= 11 is 0. The number of nitrogens with one attached hydrogen (secondary N) is 2. The molecule has 4 aromatic rings. The fraction of sp³-hybridized carbons (Fsp3) is 0.130. The Morgan fingerprint density at radius 2 is 1.74 bits per heavy atom. The van der Waals surface area contributed by atoms with Crippen molar-refractivity contribution in [3.8, 4) is 0 Å². The van der Waals surface area contributed by atoms with Crippen LogP contribution < -0.4 is 10.6 Å². The van der Waals surface area contributed by atoms with Gasteiger partial charge in [0.2, 0.25) is 5.71 Å².